The third kappa shape index (κ3) is 4.24. The zero-order valence-corrected chi connectivity index (χ0v) is 12.5. The second-order valence-electron chi connectivity index (χ2n) is 4.30. The number of carbonyl (C=O) groups is 2. The number of amides is 2. The van der Waals surface area contributed by atoms with Crippen molar-refractivity contribution in [3.05, 3.63) is 57.8 Å². The number of hydrogen-bond donors (Lipinski definition) is 3. The Kier molecular flexibility index (Phi) is 5.25. The Morgan fingerprint density at radius 1 is 1.10 bits per heavy atom. The van der Waals surface area contributed by atoms with Gasteiger partial charge >= 0.3 is 0 Å². The van der Waals surface area contributed by atoms with Crippen LogP contribution in [0.25, 0.3) is 0 Å². The summed E-state index contributed by atoms with van der Waals surface area (Å²) in [6.07, 6.45) is 2.24. The molecule has 0 aliphatic carbocycles. The molecule has 7 heteroatoms. The number of rotatable bonds is 4. The van der Waals surface area contributed by atoms with Crippen molar-refractivity contribution >= 4 is 35.0 Å². The number of aromatic amines is 1. The molecule has 0 atom stereocenters. The quantitative estimate of drug-likeness (QED) is 0.756. The Morgan fingerprint density at radius 3 is 2.62 bits per heavy atom. The van der Waals surface area contributed by atoms with Gasteiger partial charge in [-0.2, -0.15) is 0 Å². The minimum absolute atomic E-state index is 0.186. The summed E-state index contributed by atoms with van der Waals surface area (Å²) in [4.78, 5) is 26.0. The summed E-state index contributed by atoms with van der Waals surface area (Å²) in [6, 6.07) is 8.56. The number of benzene rings is 1. The lowest BCUT2D eigenvalue weighted by Crippen LogP contribution is -2.41. The number of carbonyl (C=O) groups excluding carboxylic acids is 2. The molecule has 0 fully saturated rings. The molecule has 21 heavy (non-hydrogen) atoms. The Balaban J connectivity index is 1.80. The van der Waals surface area contributed by atoms with E-state index < -0.39 is 5.91 Å². The highest BCUT2D eigenvalue weighted by Gasteiger charge is 2.09. The average Bonchev–Trinajstić information content (AvgIpc) is 3.00. The van der Waals surface area contributed by atoms with E-state index in [0.717, 1.165) is 5.56 Å². The van der Waals surface area contributed by atoms with Gasteiger partial charge in [0.05, 0.1) is 10.0 Å². The summed E-state index contributed by atoms with van der Waals surface area (Å²) in [7, 11) is 0. The molecular weight excluding hydrogens is 313 g/mol. The number of hydrazine groups is 1. The van der Waals surface area contributed by atoms with Crippen LogP contribution in [0.4, 0.5) is 0 Å². The van der Waals surface area contributed by atoms with Crippen LogP contribution in [-0.4, -0.2) is 16.8 Å². The predicted molar refractivity (Wildman–Crippen MR) is 81.2 cm³/mol. The number of aromatic nitrogens is 1. The van der Waals surface area contributed by atoms with Gasteiger partial charge in [0.2, 0.25) is 5.91 Å². The summed E-state index contributed by atoms with van der Waals surface area (Å²) < 4.78 is 0. The molecule has 0 radical (unpaired) electrons. The first-order valence-corrected chi connectivity index (χ1v) is 6.99. The summed E-state index contributed by atoms with van der Waals surface area (Å²) in [5.74, 6) is -0.722. The molecule has 1 aromatic heterocycles. The van der Waals surface area contributed by atoms with Gasteiger partial charge in [-0.1, -0.05) is 35.3 Å². The fraction of sp³-hybridized carbons (Fsp3) is 0.143. The van der Waals surface area contributed by atoms with E-state index in [4.69, 9.17) is 23.2 Å². The van der Waals surface area contributed by atoms with E-state index in [1.165, 1.54) is 0 Å². The highest BCUT2D eigenvalue weighted by Crippen LogP contribution is 2.26. The van der Waals surface area contributed by atoms with Crippen molar-refractivity contribution in [1.82, 2.24) is 15.8 Å². The molecule has 1 aromatic carbocycles. The zero-order chi connectivity index (χ0) is 15.2. The van der Waals surface area contributed by atoms with E-state index in [0.29, 0.717) is 22.2 Å². The Morgan fingerprint density at radius 2 is 1.90 bits per heavy atom. The van der Waals surface area contributed by atoms with Gasteiger partial charge < -0.3 is 4.98 Å². The first kappa shape index (κ1) is 15.4. The third-order valence-corrected chi connectivity index (χ3v) is 3.67. The van der Waals surface area contributed by atoms with Gasteiger partial charge in [-0.15, -0.1) is 0 Å². The van der Waals surface area contributed by atoms with Gasteiger partial charge in [-0.3, -0.25) is 20.4 Å². The van der Waals surface area contributed by atoms with Crippen molar-refractivity contribution in [3.63, 3.8) is 0 Å². The van der Waals surface area contributed by atoms with Gasteiger partial charge in [0, 0.05) is 12.6 Å². The fourth-order valence-corrected chi connectivity index (χ4v) is 2.13. The SMILES string of the molecule is O=C(CCc1cccc(Cl)c1Cl)NNC(=O)c1ccc[nH]1. The number of hydrogen-bond acceptors (Lipinski definition) is 2. The minimum Gasteiger partial charge on any atom is -0.357 e. The third-order valence-electron chi connectivity index (χ3n) is 2.81. The van der Waals surface area contributed by atoms with Crippen LogP contribution in [0.15, 0.2) is 36.5 Å². The standard InChI is InChI=1S/C14H13Cl2N3O2/c15-10-4-1-3-9(13(10)16)6-7-12(20)18-19-14(21)11-5-2-8-17-11/h1-5,8,17H,6-7H2,(H,18,20)(H,19,21). The molecule has 1 heterocycles. The molecule has 5 nitrogen and oxygen atoms in total. The van der Waals surface area contributed by atoms with Crippen molar-refractivity contribution in [2.24, 2.45) is 0 Å². The molecule has 0 saturated heterocycles. The van der Waals surface area contributed by atoms with Gasteiger partial charge in [-0.05, 0) is 30.2 Å². The first-order valence-electron chi connectivity index (χ1n) is 6.23. The summed E-state index contributed by atoms with van der Waals surface area (Å²) in [5, 5.41) is 0.900. The van der Waals surface area contributed by atoms with Gasteiger partial charge in [-0.25, -0.2) is 0 Å². The lowest BCUT2D eigenvalue weighted by molar-refractivity contribution is -0.121. The molecule has 2 rings (SSSR count). The molecular formula is C14H13Cl2N3O2. The van der Waals surface area contributed by atoms with Crippen LogP contribution in [0.2, 0.25) is 10.0 Å². The molecule has 0 unspecified atom stereocenters. The van der Waals surface area contributed by atoms with Gasteiger partial charge in [0.1, 0.15) is 5.69 Å². The van der Waals surface area contributed by atoms with Crippen LogP contribution in [0.5, 0.6) is 0 Å². The summed E-state index contributed by atoms with van der Waals surface area (Å²) in [6.45, 7) is 0. The average molecular weight is 326 g/mol. The number of nitrogens with one attached hydrogen (secondary N) is 3. The van der Waals surface area contributed by atoms with Crippen LogP contribution >= 0.6 is 23.2 Å². The largest absolute Gasteiger partial charge is 0.357 e. The lowest BCUT2D eigenvalue weighted by atomic mass is 10.1. The topological polar surface area (TPSA) is 74.0 Å². The van der Waals surface area contributed by atoms with Crippen molar-refractivity contribution in [2.45, 2.75) is 12.8 Å². The van der Waals surface area contributed by atoms with E-state index in [2.05, 4.69) is 15.8 Å². The maximum atomic E-state index is 11.7. The monoisotopic (exact) mass is 325 g/mol. The Hall–Kier alpha value is -1.98. The van der Waals surface area contributed by atoms with Gasteiger partial charge in [0.25, 0.3) is 5.91 Å². The number of halogens is 2. The van der Waals surface area contributed by atoms with E-state index in [-0.39, 0.29) is 12.3 Å². The second-order valence-corrected chi connectivity index (χ2v) is 5.08. The van der Waals surface area contributed by atoms with E-state index in [1.54, 1.807) is 36.5 Å². The molecule has 0 aliphatic rings. The van der Waals surface area contributed by atoms with Gasteiger partial charge in [0.15, 0.2) is 0 Å². The van der Waals surface area contributed by atoms with Crippen molar-refractivity contribution in [2.75, 3.05) is 0 Å². The Labute approximate surface area is 131 Å². The summed E-state index contributed by atoms with van der Waals surface area (Å²) >= 11 is 11.9. The van der Waals surface area contributed by atoms with Crippen LogP contribution < -0.4 is 10.9 Å². The predicted octanol–water partition coefficient (Wildman–Crippen LogP) is 2.72. The molecule has 2 amide bonds. The normalized spacial score (nSPS) is 10.2. The molecule has 110 valence electrons. The molecule has 2 aromatic rings. The zero-order valence-electron chi connectivity index (χ0n) is 11.0. The van der Waals surface area contributed by atoms with Crippen LogP contribution in [0, 0.1) is 0 Å². The number of H-pyrrole nitrogens is 1. The molecule has 0 aliphatic heterocycles. The minimum atomic E-state index is -0.408. The summed E-state index contributed by atoms with van der Waals surface area (Å²) in [5.41, 5.74) is 5.81. The Bertz CT molecular complexity index is 642. The van der Waals surface area contributed by atoms with E-state index >= 15 is 0 Å². The van der Waals surface area contributed by atoms with Crippen molar-refractivity contribution in [1.29, 1.82) is 0 Å². The highest BCUT2D eigenvalue weighted by molar-refractivity contribution is 6.42. The lowest BCUT2D eigenvalue weighted by Gasteiger charge is -2.08. The second kappa shape index (κ2) is 7.15. The van der Waals surface area contributed by atoms with E-state index in [1.807, 2.05) is 0 Å². The van der Waals surface area contributed by atoms with Crippen molar-refractivity contribution < 1.29 is 9.59 Å². The van der Waals surface area contributed by atoms with Crippen molar-refractivity contribution in [3.8, 4) is 0 Å². The maximum Gasteiger partial charge on any atom is 0.286 e. The molecule has 3 N–H and O–H groups in total. The van der Waals surface area contributed by atoms with E-state index in [9.17, 15) is 9.59 Å². The van der Waals surface area contributed by atoms with Crippen LogP contribution in [0.3, 0.4) is 0 Å². The fourth-order valence-electron chi connectivity index (χ4n) is 1.72. The maximum absolute atomic E-state index is 11.7. The first-order chi connectivity index (χ1) is 10.1. The van der Waals surface area contributed by atoms with Crippen LogP contribution in [-0.2, 0) is 11.2 Å². The highest BCUT2D eigenvalue weighted by atomic mass is 35.5. The molecule has 0 spiro atoms. The van der Waals surface area contributed by atoms with Crippen LogP contribution in [0.1, 0.15) is 22.5 Å². The smallest absolute Gasteiger partial charge is 0.286 e. The molecule has 0 saturated carbocycles. The molecule has 0 bridgehead atoms. The number of aryl methyl sites for hydroxylation is 1.